The van der Waals surface area contributed by atoms with Crippen LogP contribution in [-0.4, -0.2) is 28.7 Å². The molecule has 7 atom stereocenters. The molecule has 0 aromatic heterocycles. The standard InChI is InChI=1S/C20H18BrClN2O3/c1-8(18(25)23-9-2-5-14(21)15(22)6-9)24-19(26)16-10-3-4-11(13-7-12(10)13)17(16)20(24)27/h2-6,8,10-13,16-17H,7H2,1H3,(H,23,25)/t8-,10+,11+,12+,13+,16-,17-/m0/s1. The summed E-state index contributed by atoms with van der Waals surface area (Å²) in [4.78, 5) is 40.0. The molecule has 1 aromatic carbocycles. The number of hydrogen-bond acceptors (Lipinski definition) is 3. The van der Waals surface area contributed by atoms with Gasteiger partial charge in [0.1, 0.15) is 6.04 Å². The van der Waals surface area contributed by atoms with E-state index in [0.29, 0.717) is 22.5 Å². The number of nitrogens with one attached hydrogen (secondary N) is 1. The maximum atomic E-state index is 13.1. The first-order valence-electron chi connectivity index (χ1n) is 9.19. The number of amides is 3. The van der Waals surface area contributed by atoms with E-state index in [0.717, 1.165) is 10.9 Å². The van der Waals surface area contributed by atoms with Crippen molar-refractivity contribution < 1.29 is 14.4 Å². The van der Waals surface area contributed by atoms with Gasteiger partial charge >= 0.3 is 0 Å². The molecule has 6 rings (SSSR count). The van der Waals surface area contributed by atoms with Gasteiger partial charge in [-0.15, -0.1) is 0 Å². The first kappa shape index (κ1) is 17.4. The number of allylic oxidation sites excluding steroid dienone is 2. The van der Waals surface area contributed by atoms with E-state index in [4.69, 9.17) is 11.6 Å². The Morgan fingerprint density at radius 3 is 2.33 bits per heavy atom. The molecule has 1 saturated heterocycles. The zero-order valence-corrected chi connectivity index (χ0v) is 16.9. The number of imide groups is 1. The van der Waals surface area contributed by atoms with Crippen molar-refractivity contribution in [3.63, 3.8) is 0 Å². The lowest BCUT2D eigenvalue weighted by Gasteiger charge is -2.37. The van der Waals surface area contributed by atoms with Crippen LogP contribution in [0.1, 0.15) is 13.3 Å². The lowest BCUT2D eigenvalue weighted by molar-refractivity contribution is -0.146. The van der Waals surface area contributed by atoms with Gasteiger partial charge in [0.05, 0.1) is 16.9 Å². The number of carbonyl (C=O) groups excluding carboxylic acids is 3. The molecule has 1 aromatic rings. The van der Waals surface area contributed by atoms with E-state index in [-0.39, 0.29) is 41.4 Å². The SMILES string of the molecule is C[C@@H](C(=O)Nc1ccc(Br)c(Cl)c1)N1C(=O)[C@H]2[C@@H]3C=C[C@H]([C@H]4C[C@H]34)[C@@H]2C1=O. The average molecular weight is 450 g/mol. The Hall–Kier alpha value is -1.66. The highest BCUT2D eigenvalue weighted by Gasteiger charge is 2.67. The fraction of sp³-hybridized carbons (Fsp3) is 0.450. The van der Waals surface area contributed by atoms with Gasteiger partial charge in [-0.05, 0) is 71.1 Å². The minimum Gasteiger partial charge on any atom is -0.324 e. The van der Waals surface area contributed by atoms with Crippen LogP contribution in [0.3, 0.4) is 0 Å². The van der Waals surface area contributed by atoms with E-state index < -0.39 is 6.04 Å². The highest BCUT2D eigenvalue weighted by molar-refractivity contribution is 9.10. The first-order valence-corrected chi connectivity index (χ1v) is 10.4. The second-order valence-electron chi connectivity index (χ2n) is 8.00. The summed E-state index contributed by atoms with van der Waals surface area (Å²) in [5, 5.41) is 3.23. The summed E-state index contributed by atoms with van der Waals surface area (Å²) in [7, 11) is 0. The number of carbonyl (C=O) groups is 3. The number of likely N-dealkylation sites (tertiary alicyclic amines) is 1. The van der Waals surface area contributed by atoms with Gasteiger partial charge in [-0.1, -0.05) is 23.8 Å². The van der Waals surface area contributed by atoms with E-state index >= 15 is 0 Å². The summed E-state index contributed by atoms with van der Waals surface area (Å²) in [6.07, 6.45) is 5.38. The molecule has 5 nitrogen and oxygen atoms in total. The van der Waals surface area contributed by atoms with Crippen LogP contribution in [-0.2, 0) is 14.4 Å². The van der Waals surface area contributed by atoms with Crippen LogP contribution < -0.4 is 5.32 Å². The summed E-state index contributed by atoms with van der Waals surface area (Å²) in [6, 6.07) is 4.22. The molecule has 4 aliphatic carbocycles. The lowest BCUT2D eigenvalue weighted by atomic mass is 9.63. The highest BCUT2D eigenvalue weighted by Crippen LogP contribution is 2.65. The number of anilines is 1. The van der Waals surface area contributed by atoms with E-state index in [9.17, 15) is 14.4 Å². The van der Waals surface area contributed by atoms with Crippen molar-refractivity contribution in [1.29, 1.82) is 0 Å². The largest absolute Gasteiger partial charge is 0.324 e. The second kappa shape index (κ2) is 5.92. The lowest BCUT2D eigenvalue weighted by Crippen LogP contribution is -2.46. The van der Waals surface area contributed by atoms with Crippen LogP contribution in [0, 0.1) is 35.5 Å². The van der Waals surface area contributed by atoms with Gasteiger partial charge in [0, 0.05) is 10.2 Å². The van der Waals surface area contributed by atoms with E-state index in [1.807, 2.05) is 0 Å². The predicted molar refractivity (Wildman–Crippen MR) is 104 cm³/mol. The summed E-state index contributed by atoms with van der Waals surface area (Å²) < 4.78 is 0.728. The van der Waals surface area contributed by atoms with Gasteiger partial charge in [-0.25, -0.2) is 0 Å². The van der Waals surface area contributed by atoms with Gasteiger partial charge in [0.25, 0.3) is 0 Å². The number of rotatable bonds is 3. The molecule has 7 heteroatoms. The molecular formula is C20H18BrClN2O3. The van der Waals surface area contributed by atoms with Gasteiger partial charge < -0.3 is 5.32 Å². The van der Waals surface area contributed by atoms with Crippen molar-refractivity contribution in [3.8, 4) is 0 Å². The molecular weight excluding hydrogens is 432 g/mol. The first-order chi connectivity index (χ1) is 12.9. The topological polar surface area (TPSA) is 66.5 Å². The molecule has 0 spiro atoms. The molecule has 0 radical (unpaired) electrons. The van der Waals surface area contributed by atoms with Crippen LogP contribution in [0.15, 0.2) is 34.8 Å². The van der Waals surface area contributed by atoms with Crippen molar-refractivity contribution in [2.45, 2.75) is 19.4 Å². The molecule has 1 heterocycles. The van der Waals surface area contributed by atoms with Crippen LogP contribution in [0.4, 0.5) is 5.69 Å². The fourth-order valence-corrected chi connectivity index (χ4v) is 5.73. The van der Waals surface area contributed by atoms with Gasteiger partial charge in [0.2, 0.25) is 17.7 Å². The Morgan fingerprint density at radius 2 is 1.78 bits per heavy atom. The Morgan fingerprint density at radius 1 is 1.19 bits per heavy atom. The Labute approximate surface area is 170 Å². The zero-order chi connectivity index (χ0) is 19.0. The fourth-order valence-electron chi connectivity index (χ4n) is 5.30. The van der Waals surface area contributed by atoms with Crippen molar-refractivity contribution in [2.75, 3.05) is 5.32 Å². The third kappa shape index (κ3) is 2.46. The van der Waals surface area contributed by atoms with Crippen molar-refractivity contribution in [3.05, 3.63) is 39.8 Å². The smallest absolute Gasteiger partial charge is 0.247 e. The molecule has 0 unspecified atom stereocenters. The Bertz CT molecular complexity index is 880. The number of benzene rings is 1. The molecule has 3 amide bonds. The van der Waals surface area contributed by atoms with Crippen LogP contribution in [0.5, 0.6) is 0 Å². The Balaban J connectivity index is 1.37. The van der Waals surface area contributed by atoms with Crippen LogP contribution in [0.25, 0.3) is 0 Å². The minimum atomic E-state index is -0.853. The molecule has 5 aliphatic rings. The normalized spacial score (nSPS) is 36.5. The molecule has 140 valence electrons. The summed E-state index contributed by atoms with van der Waals surface area (Å²) in [6.45, 7) is 1.61. The minimum absolute atomic E-state index is 0.159. The third-order valence-electron chi connectivity index (χ3n) is 6.65. The summed E-state index contributed by atoms with van der Waals surface area (Å²) in [5.41, 5.74) is 0.527. The highest BCUT2D eigenvalue weighted by atomic mass is 79.9. The maximum absolute atomic E-state index is 13.1. The zero-order valence-electron chi connectivity index (χ0n) is 14.6. The van der Waals surface area contributed by atoms with E-state index in [1.54, 1.807) is 25.1 Å². The van der Waals surface area contributed by atoms with E-state index in [1.165, 1.54) is 4.90 Å². The van der Waals surface area contributed by atoms with Crippen LogP contribution in [0.2, 0.25) is 5.02 Å². The maximum Gasteiger partial charge on any atom is 0.247 e. The third-order valence-corrected chi connectivity index (χ3v) is 7.88. The van der Waals surface area contributed by atoms with Crippen molar-refractivity contribution in [2.24, 2.45) is 35.5 Å². The van der Waals surface area contributed by atoms with E-state index in [2.05, 4.69) is 33.4 Å². The van der Waals surface area contributed by atoms with Gasteiger partial charge in [0.15, 0.2) is 0 Å². The molecule has 3 fully saturated rings. The molecule has 2 saturated carbocycles. The van der Waals surface area contributed by atoms with Gasteiger partial charge in [-0.2, -0.15) is 0 Å². The van der Waals surface area contributed by atoms with Crippen molar-refractivity contribution in [1.82, 2.24) is 4.90 Å². The number of nitrogens with zero attached hydrogens (tertiary/aromatic N) is 1. The quantitative estimate of drug-likeness (QED) is 0.567. The monoisotopic (exact) mass is 448 g/mol. The number of halogens is 2. The molecule has 27 heavy (non-hydrogen) atoms. The average Bonchev–Trinajstić information content (AvgIpc) is 3.42. The Kier molecular flexibility index (Phi) is 3.82. The second-order valence-corrected chi connectivity index (χ2v) is 9.26. The van der Waals surface area contributed by atoms with Crippen molar-refractivity contribution >= 4 is 50.9 Å². The molecule has 2 bridgehead atoms. The van der Waals surface area contributed by atoms with Crippen LogP contribution >= 0.6 is 27.5 Å². The summed E-state index contributed by atoms with van der Waals surface area (Å²) >= 11 is 9.37. The summed E-state index contributed by atoms with van der Waals surface area (Å²) in [5.74, 6) is 0.0804. The predicted octanol–water partition coefficient (Wildman–Crippen LogP) is 3.48. The van der Waals surface area contributed by atoms with Gasteiger partial charge in [-0.3, -0.25) is 19.3 Å². The molecule has 1 aliphatic heterocycles. The molecule has 1 N–H and O–H groups in total. The number of hydrogen-bond donors (Lipinski definition) is 1.